The number of rotatable bonds is 5. The van der Waals surface area contributed by atoms with E-state index < -0.39 is 42.5 Å². The van der Waals surface area contributed by atoms with Crippen LogP contribution in [0.2, 0.25) is 0 Å². The van der Waals surface area contributed by atoms with Crippen molar-refractivity contribution in [1.29, 1.82) is 0 Å². The number of fused-ring (bicyclic) bond motifs is 1. The lowest BCUT2D eigenvalue weighted by Gasteiger charge is -2.28. The van der Waals surface area contributed by atoms with Crippen LogP contribution in [0.5, 0.6) is 0 Å². The third-order valence-corrected chi connectivity index (χ3v) is 3.50. The van der Waals surface area contributed by atoms with Gasteiger partial charge in [0.1, 0.15) is 24.4 Å². The summed E-state index contributed by atoms with van der Waals surface area (Å²) in [6.45, 7) is 8.98. The summed E-state index contributed by atoms with van der Waals surface area (Å²) in [5.74, 6) is -1.44. The second-order valence-corrected chi connectivity index (χ2v) is 5.46. The van der Waals surface area contributed by atoms with Crippen LogP contribution in [0.1, 0.15) is 20.8 Å². The quantitative estimate of drug-likeness (QED) is 0.580. The molecule has 120 valence electrons. The summed E-state index contributed by atoms with van der Waals surface area (Å²) in [5, 5.41) is 10.3. The zero-order valence-electron chi connectivity index (χ0n) is 12.7. The molecular weight excluding hydrogens is 280 g/mol. The molecule has 2 fully saturated rings. The van der Waals surface area contributed by atoms with Crippen molar-refractivity contribution in [1.82, 2.24) is 0 Å². The molecule has 21 heavy (non-hydrogen) atoms. The molecule has 0 spiro atoms. The fraction of sp³-hybridized carbons (Fsp3) is 0.786. The maximum absolute atomic E-state index is 11.6. The number of ether oxygens (including phenoxy) is 5. The summed E-state index contributed by atoms with van der Waals surface area (Å²) in [6, 6.07) is 0. The van der Waals surface area contributed by atoms with E-state index in [1.807, 2.05) is 0 Å². The van der Waals surface area contributed by atoms with Gasteiger partial charge in [-0.15, -0.1) is 0 Å². The lowest BCUT2D eigenvalue weighted by Crippen LogP contribution is -2.43. The predicted octanol–water partition coefficient (Wildman–Crippen LogP) is 0.358. The fourth-order valence-corrected chi connectivity index (χ4v) is 2.57. The summed E-state index contributed by atoms with van der Waals surface area (Å²) in [4.78, 5) is 11.6. The number of aliphatic hydroxyl groups is 1. The maximum Gasteiger partial charge on any atom is 0.336 e. The highest BCUT2D eigenvalue weighted by Crippen LogP contribution is 2.40. The number of hydrogen-bond acceptors (Lipinski definition) is 7. The molecular formula is C14H22O7. The lowest BCUT2D eigenvalue weighted by molar-refractivity contribution is -0.225. The normalized spacial score (nSPS) is 35.3. The first-order chi connectivity index (χ1) is 9.80. The molecule has 0 amide bonds. The van der Waals surface area contributed by atoms with Crippen molar-refractivity contribution < 1.29 is 33.6 Å². The van der Waals surface area contributed by atoms with Crippen molar-refractivity contribution in [2.24, 2.45) is 0 Å². The molecule has 2 saturated heterocycles. The molecule has 2 aliphatic heterocycles. The molecule has 2 aliphatic rings. The summed E-state index contributed by atoms with van der Waals surface area (Å²) in [6.07, 6.45) is -3.76. The van der Waals surface area contributed by atoms with Crippen LogP contribution in [0.25, 0.3) is 0 Å². The standard InChI is InChI=1S/C14H22O7/c1-6-18-12(16)7(2)8(15)9-10(17-5)11-13(19-9)21-14(3,4)20-11/h8-11,13,15H,2,6H2,1,3-5H3/t8-,9+,10-,11+,13+/m0/s1. The molecule has 2 heterocycles. The molecule has 0 bridgehead atoms. The van der Waals surface area contributed by atoms with Gasteiger partial charge in [0.2, 0.25) is 0 Å². The smallest absolute Gasteiger partial charge is 0.336 e. The molecule has 7 heteroatoms. The van der Waals surface area contributed by atoms with E-state index in [0.29, 0.717) is 0 Å². The monoisotopic (exact) mass is 302 g/mol. The van der Waals surface area contributed by atoms with Gasteiger partial charge in [0.15, 0.2) is 12.1 Å². The van der Waals surface area contributed by atoms with E-state index in [-0.39, 0.29) is 12.2 Å². The number of methoxy groups -OCH3 is 1. The molecule has 0 saturated carbocycles. The molecule has 0 aliphatic carbocycles. The van der Waals surface area contributed by atoms with Crippen LogP contribution >= 0.6 is 0 Å². The Balaban J connectivity index is 2.08. The summed E-state index contributed by atoms with van der Waals surface area (Å²) in [5.41, 5.74) is -0.0804. The van der Waals surface area contributed by atoms with E-state index in [1.165, 1.54) is 7.11 Å². The lowest BCUT2D eigenvalue weighted by atomic mass is 10.00. The van der Waals surface area contributed by atoms with Crippen molar-refractivity contribution >= 4 is 5.97 Å². The Labute approximate surface area is 123 Å². The van der Waals surface area contributed by atoms with Gasteiger partial charge in [-0.05, 0) is 20.8 Å². The van der Waals surface area contributed by atoms with E-state index >= 15 is 0 Å². The van der Waals surface area contributed by atoms with Crippen molar-refractivity contribution in [3.05, 3.63) is 12.2 Å². The number of carbonyl (C=O) groups is 1. The molecule has 0 radical (unpaired) electrons. The Morgan fingerprint density at radius 2 is 2.10 bits per heavy atom. The zero-order chi connectivity index (χ0) is 15.8. The highest BCUT2D eigenvalue weighted by atomic mass is 16.8. The van der Waals surface area contributed by atoms with Gasteiger partial charge >= 0.3 is 5.97 Å². The average molecular weight is 302 g/mol. The van der Waals surface area contributed by atoms with Gasteiger partial charge in [-0.2, -0.15) is 0 Å². The predicted molar refractivity (Wildman–Crippen MR) is 71.3 cm³/mol. The molecule has 0 unspecified atom stereocenters. The maximum atomic E-state index is 11.6. The fourth-order valence-electron chi connectivity index (χ4n) is 2.57. The Kier molecular flexibility index (Phi) is 4.69. The number of hydrogen-bond donors (Lipinski definition) is 1. The van der Waals surface area contributed by atoms with Crippen molar-refractivity contribution in [3.63, 3.8) is 0 Å². The van der Waals surface area contributed by atoms with Crippen LogP contribution in [0.15, 0.2) is 12.2 Å². The van der Waals surface area contributed by atoms with Crippen molar-refractivity contribution in [3.8, 4) is 0 Å². The van der Waals surface area contributed by atoms with Crippen molar-refractivity contribution in [2.75, 3.05) is 13.7 Å². The van der Waals surface area contributed by atoms with E-state index in [9.17, 15) is 9.90 Å². The summed E-state index contributed by atoms with van der Waals surface area (Å²) in [7, 11) is 1.48. The first-order valence-electron chi connectivity index (χ1n) is 6.88. The molecule has 1 N–H and O–H groups in total. The molecule has 2 rings (SSSR count). The van der Waals surface area contributed by atoms with Gasteiger partial charge in [-0.25, -0.2) is 4.79 Å². The van der Waals surface area contributed by atoms with Crippen molar-refractivity contribution in [2.45, 2.75) is 57.3 Å². The van der Waals surface area contributed by atoms with Crippen LogP contribution in [0, 0.1) is 0 Å². The van der Waals surface area contributed by atoms with E-state index in [2.05, 4.69) is 6.58 Å². The highest BCUT2D eigenvalue weighted by Gasteiger charge is 2.57. The summed E-state index contributed by atoms with van der Waals surface area (Å²) < 4.78 is 27.1. The minimum atomic E-state index is -1.25. The number of aliphatic hydroxyl groups excluding tert-OH is 1. The van der Waals surface area contributed by atoms with Gasteiger partial charge in [-0.1, -0.05) is 6.58 Å². The van der Waals surface area contributed by atoms with Gasteiger partial charge in [0.25, 0.3) is 0 Å². The highest BCUT2D eigenvalue weighted by molar-refractivity contribution is 5.88. The zero-order valence-corrected chi connectivity index (χ0v) is 12.7. The first kappa shape index (κ1) is 16.4. The Morgan fingerprint density at radius 1 is 1.43 bits per heavy atom. The third-order valence-electron chi connectivity index (χ3n) is 3.50. The molecule has 0 aromatic carbocycles. The van der Waals surface area contributed by atoms with E-state index in [1.54, 1.807) is 20.8 Å². The number of esters is 1. The van der Waals surface area contributed by atoms with Crippen LogP contribution in [-0.2, 0) is 28.5 Å². The Morgan fingerprint density at radius 3 is 2.67 bits per heavy atom. The SMILES string of the molecule is C=C(C(=O)OCC)[C@H](O)[C@H]1O[C@@H]2OC(C)(C)O[C@@H]2[C@H]1OC. The first-order valence-corrected chi connectivity index (χ1v) is 6.88. The number of carbonyl (C=O) groups excluding carboxylic acids is 1. The van der Waals surface area contributed by atoms with Gasteiger partial charge < -0.3 is 28.8 Å². The average Bonchev–Trinajstić information content (AvgIpc) is 2.88. The third kappa shape index (κ3) is 3.12. The van der Waals surface area contributed by atoms with Gasteiger partial charge in [0.05, 0.1) is 12.2 Å². The van der Waals surface area contributed by atoms with E-state index in [0.717, 1.165) is 0 Å². The van der Waals surface area contributed by atoms with Crippen LogP contribution < -0.4 is 0 Å². The van der Waals surface area contributed by atoms with Crippen LogP contribution in [-0.4, -0.2) is 61.3 Å². The minimum Gasteiger partial charge on any atom is -0.463 e. The van der Waals surface area contributed by atoms with E-state index in [4.69, 9.17) is 23.7 Å². The summed E-state index contributed by atoms with van der Waals surface area (Å²) >= 11 is 0. The molecule has 7 nitrogen and oxygen atoms in total. The van der Waals surface area contributed by atoms with Crippen LogP contribution in [0.3, 0.4) is 0 Å². The molecule has 0 aromatic heterocycles. The Bertz CT molecular complexity index is 420. The molecule has 0 aromatic rings. The minimum absolute atomic E-state index is 0.0804. The van der Waals surface area contributed by atoms with Crippen LogP contribution in [0.4, 0.5) is 0 Å². The van der Waals surface area contributed by atoms with Gasteiger partial charge in [0, 0.05) is 7.11 Å². The second kappa shape index (κ2) is 6.02. The second-order valence-electron chi connectivity index (χ2n) is 5.46. The molecule has 5 atom stereocenters. The van der Waals surface area contributed by atoms with Gasteiger partial charge in [-0.3, -0.25) is 0 Å². The largest absolute Gasteiger partial charge is 0.463 e. The Hall–Kier alpha value is -0.990. The topological polar surface area (TPSA) is 83.5 Å².